The average molecular weight is 244 g/mol. The summed E-state index contributed by atoms with van der Waals surface area (Å²) in [5.41, 5.74) is 6.83. The van der Waals surface area contributed by atoms with Gasteiger partial charge in [-0.15, -0.1) is 0 Å². The lowest BCUT2D eigenvalue weighted by Crippen LogP contribution is -2.24. The molecule has 3 rings (SSSR count). The van der Waals surface area contributed by atoms with Crippen molar-refractivity contribution in [3.8, 4) is 0 Å². The Labute approximate surface area is 105 Å². The number of hydrogen-bond acceptors (Lipinski definition) is 3. The van der Waals surface area contributed by atoms with Crippen molar-refractivity contribution in [3.63, 3.8) is 0 Å². The zero-order chi connectivity index (χ0) is 12.7. The summed E-state index contributed by atoms with van der Waals surface area (Å²) in [7, 11) is 0. The highest BCUT2D eigenvalue weighted by atomic mass is 16.1. The summed E-state index contributed by atoms with van der Waals surface area (Å²) in [6.07, 6.45) is 8.00. The summed E-state index contributed by atoms with van der Waals surface area (Å²) in [5, 5.41) is 0. The molecular formula is C13H16N4O. The van der Waals surface area contributed by atoms with E-state index in [1.807, 2.05) is 19.3 Å². The van der Waals surface area contributed by atoms with E-state index in [1.165, 1.54) is 12.8 Å². The van der Waals surface area contributed by atoms with Gasteiger partial charge in [0.1, 0.15) is 5.82 Å². The molecule has 1 saturated carbocycles. The Hall–Kier alpha value is -2.04. The average Bonchev–Trinajstić information content (AvgIpc) is 3.07. The van der Waals surface area contributed by atoms with Crippen molar-refractivity contribution in [2.24, 2.45) is 0 Å². The summed E-state index contributed by atoms with van der Waals surface area (Å²) in [6.45, 7) is 2.41. The maximum atomic E-state index is 11.9. The highest BCUT2D eigenvalue weighted by molar-refractivity contribution is 5.37. The Balaban J connectivity index is 1.97. The van der Waals surface area contributed by atoms with Crippen LogP contribution in [0.4, 0.5) is 5.69 Å². The molecule has 1 aliphatic carbocycles. The smallest absolute Gasteiger partial charge is 0.274 e. The van der Waals surface area contributed by atoms with Crippen molar-refractivity contribution < 1.29 is 0 Å². The number of pyridine rings is 1. The summed E-state index contributed by atoms with van der Waals surface area (Å²) in [4.78, 5) is 16.3. The maximum Gasteiger partial charge on any atom is 0.274 e. The standard InChI is InChI=1S/C13H16N4O/c1-9-6-11(14)13(18)16(7-9)8-12-15-4-5-17(12)10-2-3-10/h4-7,10H,2-3,8,14H2,1H3. The molecule has 0 aromatic carbocycles. The van der Waals surface area contributed by atoms with E-state index >= 15 is 0 Å². The van der Waals surface area contributed by atoms with Crippen LogP contribution in [0.15, 0.2) is 29.5 Å². The van der Waals surface area contributed by atoms with Gasteiger partial charge >= 0.3 is 0 Å². The van der Waals surface area contributed by atoms with E-state index in [1.54, 1.807) is 16.8 Å². The quantitative estimate of drug-likeness (QED) is 0.885. The Kier molecular flexibility index (Phi) is 2.47. The zero-order valence-corrected chi connectivity index (χ0v) is 10.3. The highest BCUT2D eigenvalue weighted by Gasteiger charge is 2.25. The van der Waals surface area contributed by atoms with Crippen LogP contribution in [0.2, 0.25) is 0 Å². The second-order valence-electron chi connectivity index (χ2n) is 4.89. The molecule has 94 valence electrons. The maximum absolute atomic E-state index is 11.9. The van der Waals surface area contributed by atoms with Gasteiger partial charge in [-0.3, -0.25) is 4.79 Å². The number of rotatable bonds is 3. The van der Waals surface area contributed by atoms with Crippen LogP contribution in [0.1, 0.15) is 30.3 Å². The van der Waals surface area contributed by atoms with E-state index in [0.29, 0.717) is 18.3 Å². The van der Waals surface area contributed by atoms with Gasteiger partial charge in [-0.1, -0.05) is 0 Å². The summed E-state index contributed by atoms with van der Waals surface area (Å²) in [6, 6.07) is 2.27. The van der Waals surface area contributed by atoms with E-state index in [-0.39, 0.29) is 5.56 Å². The monoisotopic (exact) mass is 244 g/mol. The predicted molar refractivity (Wildman–Crippen MR) is 69.5 cm³/mol. The number of nitrogens with two attached hydrogens (primary N) is 1. The van der Waals surface area contributed by atoms with Gasteiger partial charge < -0.3 is 14.9 Å². The third-order valence-electron chi connectivity index (χ3n) is 3.25. The van der Waals surface area contributed by atoms with Gasteiger partial charge in [0.05, 0.1) is 12.2 Å². The molecule has 1 aliphatic rings. The van der Waals surface area contributed by atoms with Gasteiger partial charge in [0.15, 0.2) is 0 Å². The van der Waals surface area contributed by atoms with E-state index in [2.05, 4.69) is 9.55 Å². The topological polar surface area (TPSA) is 65.8 Å². The van der Waals surface area contributed by atoms with Crippen LogP contribution in [0.3, 0.4) is 0 Å². The minimum atomic E-state index is -0.147. The van der Waals surface area contributed by atoms with Crippen LogP contribution in [0.25, 0.3) is 0 Å². The molecule has 0 spiro atoms. The van der Waals surface area contributed by atoms with E-state index < -0.39 is 0 Å². The molecular weight excluding hydrogens is 228 g/mol. The normalized spacial score (nSPS) is 14.9. The number of aromatic nitrogens is 3. The Morgan fingerprint density at radius 3 is 3.00 bits per heavy atom. The molecule has 0 saturated heterocycles. The van der Waals surface area contributed by atoms with Crippen molar-refractivity contribution in [2.75, 3.05) is 5.73 Å². The molecule has 18 heavy (non-hydrogen) atoms. The van der Waals surface area contributed by atoms with Crippen LogP contribution in [0.5, 0.6) is 0 Å². The zero-order valence-electron chi connectivity index (χ0n) is 10.3. The number of nitrogens with zero attached hydrogens (tertiary/aromatic N) is 3. The fraction of sp³-hybridized carbons (Fsp3) is 0.385. The van der Waals surface area contributed by atoms with E-state index in [4.69, 9.17) is 5.73 Å². The lowest BCUT2D eigenvalue weighted by atomic mass is 10.3. The second kappa shape index (κ2) is 4.01. The lowest BCUT2D eigenvalue weighted by Gasteiger charge is -2.10. The molecule has 0 unspecified atom stereocenters. The Morgan fingerprint density at radius 2 is 2.28 bits per heavy atom. The van der Waals surface area contributed by atoms with Crippen molar-refractivity contribution >= 4 is 5.69 Å². The molecule has 5 heteroatoms. The van der Waals surface area contributed by atoms with Crippen LogP contribution >= 0.6 is 0 Å². The SMILES string of the molecule is Cc1cc(N)c(=O)n(Cc2nccn2C2CC2)c1. The summed E-state index contributed by atoms with van der Waals surface area (Å²) in [5.74, 6) is 0.921. The minimum absolute atomic E-state index is 0.147. The molecule has 0 bridgehead atoms. The highest BCUT2D eigenvalue weighted by Crippen LogP contribution is 2.35. The van der Waals surface area contributed by atoms with Gasteiger partial charge in [0.25, 0.3) is 5.56 Å². The number of imidazole rings is 1. The third kappa shape index (κ3) is 1.92. The van der Waals surface area contributed by atoms with Gasteiger partial charge in [-0.25, -0.2) is 4.98 Å². The van der Waals surface area contributed by atoms with Crippen molar-refractivity contribution in [3.05, 3.63) is 46.4 Å². The van der Waals surface area contributed by atoms with Gasteiger partial charge in [-0.05, 0) is 31.4 Å². The fourth-order valence-corrected chi connectivity index (χ4v) is 2.24. The number of aryl methyl sites for hydroxylation is 1. The van der Waals surface area contributed by atoms with Crippen molar-refractivity contribution in [1.82, 2.24) is 14.1 Å². The Morgan fingerprint density at radius 1 is 1.50 bits per heavy atom. The molecule has 0 radical (unpaired) electrons. The molecule has 5 nitrogen and oxygen atoms in total. The summed E-state index contributed by atoms with van der Waals surface area (Å²) < 4.78 is 3.79. The van der Waals surface area contributed by atoms with Crippen LogP contribution < -0.4 is 11.3 Å². The van der Waals surface area contributed by atoms with Crippen molar-refractivity contribution in [1.29, 1.82) is 0 Å². The molecule has 0 amide bonds. The lowest BCUT2D eigenvalue weighted by molar-refractivity contribution is 0.629. The van der Waals surface area contributed by atoms with Gasteiger partial charge in [0.2, 0.25) is 0 Å². The first-order valence-electron chi connectivity index (χ1n) is 6.13. The number of nitrogen functional groups attached to an aromatic ring is 1. The van der Waals surface area contributed by atoms with E-state index in [9.17, 15) is 4.79 Å². The fourth-order valence-electron chi connectivity index (χ4n) is 2.24. The predicted octanol–water partition coefficient (Wildman–Crippen LogP) is 1.32. The third-order valence-corrected chi connectivity index (χ3v) is 3.25. The van der Waals surface area contributed by atoms with Gasteiger partial charge in [0, 0.05) is 24.6 Å². The molecule has 2 aromatic rings. The van der Waals surface area contributed by atoms with E-state index in [0.717, 1.165) is 11.4 Å². The largest absolute Gasteiger partial charge is 0.394 e. The van der Waals surface area contributed by atoms with Crippen LogP contribution in [0, 0.1) is 6.92 Å². The van der Waals surface area contributed by atoms with Crippen LogP contribution in [-0.4, -0.2) is 14.1 Å². The molecule has 2 N–H and O–H groups in total. The molecule has 2 heterocycles. The number of anilines is 1. The second-order valence-corrected chi connectivity index (χ2v) is 4.89. The first-order valence-corrected chi connectivity index (χ1v) is 6.13. The molecule has 0 atom stereocenters. The first-order chi connectivity index (χ1) is 8.65. The Bertz CT molecular complexity index is 637. The van der Waals surface area contributed by atoms with Crippen LogP contribution in [-0.2, 0) is 6.54 Å². The van der Waals surface area contributed by atoms with Gasteiger partial charge in [-0.2, -0.15) is 0 Å². The molecule has 1 fully saturated rings. The molecule has 0 aliphatic heterocycles. The first kappa shape index (κ1) is 11.1. The minimum Gasteiger partial charge on any atom is -0.394 e. The number of hydrogen-bond donors (Lipinski definition) is 1. The summed E-state index contributed by atoms with van der Waals surface area (Å²) >= 11 is 0. The molecule has 2 aromatic heterocycles. The van der Waals surface area contributed by atoms with Crippen molar-refractivity contribution in [2.45, 2.75) is 32.4 Å².